The van der Waals surface area contributed by atoms with E-state index in [1.54, 1.807) is 18.2 Å². The van der Waals surface area contributed by atoms with Gasteiger partial charge in [-0.3, -0.25) is 10.1 Å². The molecule has 0 saturated heterocycles. The number of thiazole rings is 1. The summed E-state index contributed by atoms with van der Waals surface area (Å²) in [6, 6.07) is 21.7. The Hall–Kier alpha value is -3.14. The molecule has 0 aliphatic rings. The first-order valence-corrected chi connectivity index (χ1v) is 13.4. The van der Waals surface area contributed by atoms with Crippen molar-refractivity contribution in [3.05, 3.63) is 82.8 Å². The second kappa shape index (κ2) is 8.33. The Bertz CT molecular complexity index is 1650. The molecule has 0 saturated carbocycles. The van der Waals surface area contributed by atoms with Crippen molar-refractivity contribution < 1.29 is 13.2 Å². The van der Waals surface area contributed by atoms with Crippen molar-refractivity contribution in [1.82, 2.24) is 9.97 Å². The molecule has 0 atom stereocenters. The van der Waals surface area contributed by atoms with E-state index in [2.05, 4.69) is 26.2 Å². The summed E-state index contributed by atoms with van der Waals surface area (Å²) in [6.07, 6.45) is 1.16. The highest BCUT2D eigenvalue weighted by Crippen LogP contribution is 2.30. The van der Waals surface area contributed by atoms with E-state index >= 15 is 0 Å². The molecule has 9 heteroatoms. The molecular weight excluding hydrogens is 522 g/mol. The Morgan fingerprint density at radius 1 is 0.939 bits per heavy atom. The van der Waals surface area contributed by atoms with Crippen LogP contribution in [0.3, 0.4) is 0 Å². The Morgan fingerprint density at radius 2 is 1.70 bits per heavy atom. The maximum absolute atomic E-state index is 13.3. The van der Waals surface area contributed by atoms with Crippen LogP contribution >= 0.6 is 27.3 Å². The number of nitrogens with zero attached hydrogens (tertiary/aromatic N) is 2. The number of carbonyl (C=O) groups excluding carboxylic acids is 1. The van der Waals surface area contributed by atoms with Gasteiger partial charge >= 0.3 is 0 Å². The van der Waals surface area contributed by atoms with Crippen LogP contribution in [0.25, 0.3) is 32.4 Å². The Labute approximate surface area is 202 Å². The summed E-state index contributed by atoms with van der Waals surface area (Å²) in [4.78, 5) is 22.7. The molecule has 6 nitrogen and oxygen atoms in total. The van der Waals surface area contributed by atoms with Crippen molar-refractivity contribution in [3.63, 3.8) is 0 Å². The molecule has 5 rings (SSSR count). The minimum absolute atomic E-state index is 0.218. The summed E-state index contributed by atoms with van der Waals surface area (Å²) < 4.78 is 25.3. The smallest absolute Gasteiger partial charge is 0.258 e. The van der Waals surface area contributed by atoms with Gasteiger partial charge in [-0.05, 0) is 42.5 Å². The predicted octanol–water partition coefficient (Wildman–Crippen LogP) is 5.93. The average molecular weight is 538 g/mol. The van der Waals surface area contributed by atoms with Gasteiger partial charge in [-0.25, -0.2) is 18.4 Å². The summed E-state index contributed by atoms with van der Waals surface area (Å²) in [7, 11) is -3.33. The number of rotatable bonds is 4. The minimum atomic E-state index is -3.33. The largest absolute Gasteiger partial charge is 0.298 e. The third kappa shape index (κ3) is 4.39. The van der Waals surface area contributed by atoms with E-state index in [9.17, 15) is 13.2 Å². The maximum atomic E-state index is 13.3. The van der Waals surface area contributed by atoms with E-state index < -0.39 is 9.84 Å². The highest BCUT2D eigenvalue weighted by atomic mass is 79.9. The Balaban J connectivity index is 1.54. The molecule has 1 amide bonds. The van der Waals surface area contributed by atoms with Gasteiger partial charge in [0.05, 0.1) is 31.9 Å². The lowest BCUT2D eigenvalue weighted by molar-refractivity contribution is 0.102. The van der Waals surface area contributed by atoms with Gasteiger partial charge in [0.15, 0.2) is 15.0 Å². The zero-order valence-electron chi connectivity index (χ0n) is 17.2. The van der Waals surface area contributed by atoms with E-state index in [4.69, 9.17) is 4.98 Å². The highest BCUT2D eigenvalue weighted by molar-refractivity contribution is 9.10. The average Bonchev–Trinajstić information content (AvgIpc) is 3.19. The van der Waals surface area contributed by atoms with E-state index in [1.807, 2.05) is 48.5 Å². The molecule has 0 unspecified atom stereocenters. The molecule has 0 aliphatic carbocycles. The van der Waals surface area contributed by atoms with Crippen LogP contribution in [0.15, 0.2) is 82.2 Å². The molecule has 2 heterocycles. The molecule has 0 spiro atoms. The van der Waals surface area contributed by atoms with Crippen LogP contribution in [0.4, 0.5) is 5.13 Å². The summed E-state index contributed by atoms with van der Waals surface area (Å²) in [5.41, 5.74) is 3.40. The van der Waals surface area contributed by atoms with E-state index in [1.165, 1.54) is 17.4 Å². The van der Waals surface area contributed by atoms with Crippen LogP contribution < -0.4 is 5.32 Å². The number of fused-ring (bicyclic) bond motifs is 2. The van der Waals surface area contributed by atoms with Crippen molar-refractivity contribution in [2.24, 2.45) is 0 Å². The highest BCUT2D eigenvalue weighted by Gasteiger charge is 2.17. The van der Waals surface area contributed by atoms with Crippen molar-refractivity contribution in [3.8, 4) is 11.3 Å². The lowest BCUT2D eigenvalue weighted by Gasteiger charge is -2.09. The lowest BCUT2D eigenvalue weighted by Crippen LogP contribution is -2.13. The number of nitrogens with one attached hydrogen (secondary N) is 1. The number of amides is 1. The number of sulfone groups is 1. The second-order valence-electron chi connectivity index (χ2n) is 7.45. The van der Waals surface area contributed by atoms with Crippen molar-refractivity contribution in [1.29, 1.82) is 0 Å². The first kappa shape index (κ1) is 21.7. The molecule has 2 aromatic heterocycles. The van der Waals surface area contributed by atoms with Gasteiger partial charge in [-0.2, -0.15) is 0 Å². The molecule has 5 aromatic rings. The standard InChI is InChI=1S/C24H16BrN3O3S2/c1-33(30,31)16-10-11-20-22(12-16)32-24(27-20)28-23(29)18-13-21(14-6-8-15(25)9-7-14)26-19-5-3-2-4-17(18)19/h2-13H,1H3,(H,27,28,29). The van der Waals surface area contributed by atoms with Crippen LogP contribution in [-0.2, 0) is 9.84 Å². The number of carbonyl (C=O) groups is 1. The second-order valence-corrected chi connectivity index (χ2v) is 11.4. The number of hydrogen-bond donors (Lipinski definition) is 1. The van der Waals surface area contributed by atoms with E-state index in [0.29, 0.717) is 32.1 Å². The van der Waals surface area contributed by atoms with Crippen LogP contribution in [0.1, 0.15) is 10.4 Å². The summed E-state index contributed by atoms with van der Waals surface area (Å²) in [5, 5.41) is 4.00. The SMILES string of the molecule is CS(=O)(=O)c1ccc2nc(NC(=O)c3cc(-c4ccc(Br)cc4)nc4ccccc34)sc2c1. The van der Waals surface area contributed by atoms with Gasteiger partial charge in [-0.1, -0.05) is 57.6 Å². The molecular formula is C24H16BrN3O3S2. The van der Waals surface area contributed by atoms with Crippen molar-refractivity contribution >= 4 is 69.3 Å². The number of anilines is 1. The molecule has 0 radical (unpaired) electrons. The van der Waals surface area contributed by atoms with Gasteiger partial charge < -0.3 is 0 Å². The molecule has 3 aromatic carbocycles. The van der Waals surface area contributed by atoms with Gasteiger partial charge in [0, 0.05) is 21.7 Å². The molecule has 0 fully saturated rings. The van der Waals surface area contributed by atoms with Crippen molar-refractivity contribution in [2.75, 3.05) is 11.6 Å². The number of hydrogen-bond acceptors (Lipinski definition) is 6. The lowest BCUT2D eigenvalue weighted by atomic mass is 10.0. The topological polar surface area (TPSA) is 89.0 Å². The quantitative estimate of drug-likeness (QED) is 0.307. The predicted molar refractivity (Wildman–Crippen MR) is 136 cm³/mol. The molecule has 0 aliphatic heterocycles. The molecule has 164 valence electrons. The summed E-state index contributed by atoms with van der Waals surface area (Å²) in [5.74, 6) is -0.311. The fourth-order valence-electron chi connectivity index (χ4n) is 3.49. The molecule has 1 N–H and O–H groups in total. The zero-order valence-corrected chi connectivity index (χ0v) is 20.5. The van der Waals surface area contributed by atoms with Gasteiger partial charge in [-0.15, -0.1) is 0 Å². The van der Waals surface area contributed by atoms with E-state index in [0.717, 1.165) is 21.7 Å². The number of pyridine rings is 1. The fraction of sp³-hybridized carbons (Fsp3) is 0.0417. The number of para-hydroxylation sites is 1. The van der Waals surface area contributed by atoms with Crippen LogP contribution in [0.5, 0.6) is 0 Å². The van der Waals surface area contributed by atoms with Crippen LogP contribution in [0, 0.1) is 0 Å². The van der Waals surface area contributed by atoms with Crippen LogP contribution in [-0.4, -0.2) is 30.5 Å². The van der Waals surface area contributed by atoms with Gasteiger partial charge in [0.25, 0.3) is 5.91 Å². The minimum Gasteiger partial charge on any atom is -0.298 e. The fourth-order valence-corrected chi connectivity index (χ4v) is 5.37. The molecule has 33 heavy (non-hydrogen) atoms. The summed E-state index contributed by atoms with van der Waals surface area (Å²) >= 11 is 4.67. The number of benzene rings is 3. The Kier molecular flexibility index (Phi) is 5.48. The van der Waals surface area contributed by atoms with Crippen molar-refractivity contribution in [2.45, 2.75) is 4.90 Å². The normalized spacial score (nSPS) is 11.7. The van der Waals surface area contributed by atoms with Gasteiger partial charge in [0.1, 0.15) is 0 Å². The Morgan fingerprint density at radius 3 is 2.45 bits per heavy atom. The first-order chi connectivity index (χ1) is 15.8. The third-order valence-electron chi connectivity index (χ3n) is 5.11. The zero-order chi connectivity index (χ0) is 23.2. The number of aromatic nitrogens is 2. The maximum Gasteiger partial charge on any atom is 0.258 e. The summed E-state index contributed by atoms with van der Waals surface area (Å²) in [6.45, 7) is 0. The van der Waals surface area contributed by atoms with Gasteiger partial charge in [0.2, 0.25) is 0 Å². The number of halogens is 1. The third-order valence-corrected chi connectivity index (χ3v) is 7.68. The molecule has 0 bridgehead atoms. The monoisotopic (exact) mass is 537 g/mol. The first-order valence-electron chi connectivity index (χ1n) is 9.86. The van der Waals surface area contributed by atoms with Crippen LogP contribution in [0.2, 0.25) is 0 Å². The van der Waals surface area contributed by atoms with E-state index in [-0.39, 0.29) is 10.8 Å².